The Bertz CT molecular complexity index is 695. The molecule has 0 aromatic heterocycles. The van der Waals surface area contributed by atoms with Crippen molar-refractivity contribution in [2.45, 2.75) is 45.1 Å². The first-order valence-corrected chi connectivity index (χ1v) is 8.80. The van der Waals surface area contributed by atoms with Crippen LogP contribution in [0.15, 0.2) is 48.5 Å². The topological polar surface area (TPSA) is 20.3 Å². The van der Waals surface area contributed by atoms with E-state index in [1.54, 1.807) is 0 Å². The second-order valence-electron chi connectivity index (χ2n) is 6.48. The summed E-state index contributed by atoms with van der Waals surface area (Å²) in [5, 5.41) is 0. The lowest BCUT2D eigenvalue weighted by atomic mass is 9.88. The van der Waals surface area contributed by atoms with Crippen LogP contribution in [0.25, 0.3) is 0 Å². The van der Waals surface area contributed by atoms with Crippen LogP contribution in [0.2, 0.25) is 0 Å². The SMILES string of the molecule is CCCCC(=O)C[C@H]1c2ccccc2CCN1c1ccc(F)cc1. The fourth-order valence-electron chi connectivity index (χ4n) is 3.50. The standard InChI is InChI=1S/C21H24FNO/c1-2-3-7-19(24)15-21-20-8-5-4-6-16(20)13-14-23(21)18-11-9-17(22)10-12-18/h4-6,8-12,21H,2-3,7,13-15H2,1H3/t21-/m0/s1. The molecule has 1 aliphatic heterocycles. The molecule has 0 bridgehead atoms. The number of hydrogen-bond acceptors (Lipinski definition) is 2. The van der Waals surface area contributed by atoms with Crippen LogP contribution >= 0.6 is 0 Å². The Morgan fingerprint density at radius 1 is 1.17 bits per heavy atom. The number of carbonyl (C=O) groups excluding carboxylic acids is 1. The molecule has 2 aromatic carbocycles. The van der Waals surface area contributed by atoms with E-state index in [-0.39, 0.29) is 11.9 Å². The molecule has 3 rings (SSSR count). The van der Waals surface area contributed by atoms with Gasteiger partial charge in [-0.25, -0.2) is 4.39 Å². The van der Waals surface area contributed by atoms with Crippen molar-refractivity contribution < 1.29 is 9.18 Å². The van der Waals surface area contributed by atoms with Crippen LogP contribution in [0, 0.1) is 5.82 Å². The lowest BCUT2D eigenvalue weighted by Gasteiger charge is -2.39. The Labute approximate surface area is 143 Å². The van der Waals surface area contributed by atoms with Crippen molar-refractivity contribution in [1.29, 1.82) is 0 Å². The van der Waals surface area contributed by atoms with Crippen LogP contribution in [0.3, 0.4) is 0 Å². The lowest BCUT2D eigenvalue weighted by molar-refractivity contribution is -0.119. The first-order chi connectivity index (χ1) is 11.7. The fourth-order valence-corrected chi connectivity index (χ4v) is 3.50. The van der Waals surface area contributed by atoms with Crippen molar-refractivity contribution in [3.8, 4) is 0 Å². The maximum atomic E-state index is 13.3. The van der Waals surface area contributed by atoms with Gasteiger partial charge in [0, 0.05) is 25.1 Å². The summed E-state index contributed by atoms with van der Waals surface area (Å²) in [7, 11) is 0. The molecule has 24 heavy (non-hydrogen) atoms. The summed E-state index contributed by atoms with van der Waals surface area (Å²) in [6.45, 7) is 2.96. The number of nitrogens with zero attached hydrogens (tertiary/aromatic N) is 1. The summed E-state index contributed by atoms with van der Waals surface area (Å²) in [5.74, 6) is 0.0809. The number of rotatable bonds is 6. The van der Waals surface area contributed by atoms with Crippen molar-refractivity contribution in [2.75, 3.05) is 11.4 Å². The maximum Gasteiger partial charge on any atom is 0.135 e. The first kappa shape index (κ1) is 16.7. The highest BCUT2D eigenvalue weighted by Gasteiger charge is 2.29. The van der Waals surface area contributed by atoms with E-state index in [4.69, 9.17) is 0 Å². The number of carbonyl (C=O) groups is 1. The number of hydrogen-bond donors (Lipinski definition) is 0. The molecule has 0 fully saturated rings. The second kappa shape index (κ2) is 7.61. The molecule has 0 spiro atoms. The van der Waals surface area contributed by atoms with Crippen LogP contribution in [0.5, 0.6) is 0 Å². The lowest BCUT2D eigenvalue weighted by Crippen LogP contribution is -2.36. The Morgan fingerprint density at radius 3 is 2.67 bits per heavy atom. The van der Waals surface area contributed by atoms with Gasteiger partial charge < -0.3 is 4.90 Å². The Kier molecular flexibility index (Phi) is 5.29. The van der Waals surface area contributed by atoms with E-state index < -0.39 is 0 Å². The van der Waals surface area contributed by atoms with E-state index in [2.05, 4.69) is 30.0 Å². The molecule has 0 saturated carbocycles. The van der Waals surface area contributed by atoms with Crippen molar-refractivity contribution in [3.05, 3.63) is 65.5 Å². The summed E-state index contributed by atoms with van der Waals surface area (Å²) < 4.78 is 13.3. The van der Waals surface area contributed by atoms with Crippen LogP contribution in [-0.2, 0) is 11.2 Å². The van der Waals surface area contributed by atoms with Gasteiger partial charge in [0.25, 0.3) is 0 Å². The number of ketones is 1. The molecule has 2 nitrogen and oxygen atoms in total. The smallest absolute Gasteiger partial charge is 0.135 e. The van der Waals surface area contributed by atoms with Gasteiger partial charge >= 0.3 is 0 Å². The molecule has 0 saturated heterocycles. The minimum absolute atomic E-state index is 0.0461. The molecular weight excluding hydrogens is 301 g/mol. The number of anilines is 1. The summed E-state index contributed by atoms with van der Waals surface area (Å²) in [5.41, 5.74) is 3.54. The van der Waals surface area contributed by atoms with Gasteiger partial charge in [-0.2, -0.15) is 0 Å². The van der Waals surface area contributed by atoms with Gasteiger partial charge in [0.1, 0.15) is 11.6 Å². The highest BCUT2D eigenvalue weighted by molar-refractivity contribution is 5.80. The van der Waals surface area contributed by atoms with Crippen LogP contribution in [0.4, 0.5) is 10.1 Å². The molecule has 0 unspecified atom stereocenters. The van der Waals surface area contributed by atoms with E-state index in [0.29, 0.717) is 18.6 Å². The van der Waals surface area contributed by atoms with E-state index in [1.165, 1.54) is 23.3 Å². The summed E-state index contributed by atoms with van der Waals surface area (Å²) in [4.78, 5) is 14.7. The average Bonchev–Trinajstić information content (AvgIpc) is 2.61. The molecule has 0 aliphatic carbocycles. The Balaban J connectivity index is 1.89. The van der Waals surface area contributed by atoms with E-state index >= 15 is 0 Å². The second-order valence-corrected chi connectivity index (χ2v) is 6.48. The summed E-state index contributed by atoms with van der Waals surface area (Å²) in [6, 6.07) is 15.0. The zero-order chi connectivity index (χ0) is 16.9. The Hall–Kier alpha value is -2.16. The zero-order valence-corrected chi connectivity index (χ0v) is 14.2. The normalized spacial score (nSPS) is 16.8. The number of fused-ring (bicyclic) bond motifs is 1. The van der Waals surface area contributed by atoms with Gasteiger partial charge in [-0.1, -0.05) is 37.6 Å². The molecule has 126 valence electrons. The number of unbranched alkanes of at least 4 members (excludes halogenated alkanes) is 1. The van der Waals surface area contributed by atoms with Crippen LogP contribution in [0.1, 0.15) is 49.8 Å². The molecule has 1 heterocycles. The van der Waals surface area contributed by atoms with Gasteiger partial charge in [0.05, 0.1) is 6.04 Å². The van der Waals surface area contributed by atoms with Gasteiger partial charge in [-0.15, -0.1) is 0 Å². The van der Waals surface area contributed by atoms with E-state index in [1.807, 2.05) is 18.2 Å². The largest absolute Gasteiger partial charge is 0.364 e. The van der Waals surface area contributed by atoms with E-state index in [0.717, 1.165) is 31.5 Å². The minimum atomic E-state index is -0.230. The highest BCUT2D eigenvalue weighted by Crippen LogP contribution is 2.36. The Morgan fingerprint density at radius 2 is 1.92 bits per heavy atom. The molecule has 3 heteroatoms. The number of benzene rings is 2. The van der Waals surface area contributed by atoms with Gasteiger partial charge in [-0.05, 0) is 48.2 Å². The highest BCUT2D eigenvalue weighted by atomic mass is 19.1. The predicted octanol–water partition coefficient (Wildman–Crippen LogP) is 5.08. The van der Waals surface area contributed by atoms with Gasteiger partial charge in [-0.3, -0.25) is 4.79 Å². The molecule has 1 atom stereocenters. The third-order valence-electron chi connectivity index (χ3n) is 4.80. The monoisotopic (exact) mass is 325 g/mol. The molecule has 0 N–H and O–H groups in total. The predicted molar refractivity (Wildman–Crippen MR) is 95.8 cm³/mol. The molecule has 0 amide bonds. The number of halogens is 1. The maximum absolute atomic E-state index is 13.3. The third kappa shape index (κ3) is 3.66. The van der Waals surface area contributed by atoms with Crippen molar-refractivity contribution >= 4 is 11.5 Å². The van der Waals surface area contributed by atoms with Crippen molar-refractivity contribution in [1.82, 2.24) is 0 Å². The molecule has 0 radical (unpaired) electrons. The molecule has 1 aliphatic rings. The van der Waals surface area contributed by atoms with Gasteiger partial charge in [0.2, 0.25) is 0 Å². The first-order valence-electron chi connectivity index (χ1n) is 8.80. The molecule has 2 aromatic rings. The van der Waals surface area contributed by atoms with Crippen LogP contribution < -0.4 is 4.90 Å². The third-order valence-corrected chi connectivity index (χ3v) is 4.80. The summed E-state index contributed by atoms with van der Waals surface area (Å²) >= 11 is 0. The van der Waals surface area contributed by atoms with Crippen LogP contribution in [-0.4, -0.2) is 12.3 Å². The van der Waals surface area contributed by atoms with Gasteiger partial charge in [0.15, 0.2) is 0 Å². The fraction of sp³-hybridized carbons (Fsp3) is 0.381. The zero-order valence-electron chi connectivity index (χ0n) is 14.2. The average molecular weight is 325 g/mol. The minimum Gasteiger partial charge on any atom is -0.364 e. The van der Waals surface area contributed by atoms with Crippen molar-refractivity contribution in [3.63, 3.8) is 0 Å². The quantitative estimate of drug-likeness (QED) is 0.738. The van der Waals surface area contributed by atoms with Crippen molar-refractivity contribution in [2.24, 2.45) is 0 Å². The number of Topliss-reactive ketones (excluding diaryl/α,β-unsaturated/α-hetero) is 1. The summed E-state index contributed by atoms with van der Waals surface area (Å²) in [6.07, 6.45) is 4.10. The molecular formula is C21H24FNO. The van der Waals surface area contributed by atoms with E-state index in [9.17, 15) is 9.18 Å².